The first-order chi connectivity index (χ1) is 13.1. The Morgan fingerprint density at radius 2 is 1.93 bits per heavy atom. The van der Waals surface area contributed by atoms with E-state index in [-0.39, 0.29) is 11.5 Å². The van der Waals surface area contributed by atoms with E-state index < -0.39 is 5.82 Å². The number of nitrogens with zero attached hydrogens (tertiary/aromatic N) is 3. The average Bonchev–Trinajstić information content (AvgIpc) is 3.15. The maximum Gasteiger partial charge on any atom is 0.256 e. The summed E-state index contributed by atoms with van der Waals surface area (Å²) in [5.74, 6) is -0.0788. The smallest absolute Gasteiger partial charge is 0.256 e. The predicted molar refractivity (Wildman–Crippen MR) is 106 cm³/mol. The molecule has 27 heavy (non-hydrogen) atoms. The topological polar surface area (TPSA) is 45.7 Å². The molecule has 0 bridgehead atoms. The molecule has 0 unspecified atom stereocenters. The summed E-state index contributed by atoms with van der Waals surface area (Å²) in [6.07, 6.45) is 0. The van der Waals surface area contributed by atoms with Crippen LogP contribution in [0.2, 0.25) is 5.02 Å². The molecule has 4 rings (SSSR count). The Kier molecular flexibility index (Phi) is 4.88. The molecule has 1 aliphatic rings. The van der Waals surface area contributed by atoms with Crippen molar-refractivity contribution in [3.63, 3.8) is 0 Å². The quantitative estimate of drug-likeness (QED) is 0.659. The Bertz CT molecular complexity index is 1000. The Labute approximate surface area is 164 Å². The highest BCUT2D eigenvalue weighted by atomic mass is 35.5. The van der Waals surface area contributed by atoms with Gasteiger partial charge in [0.2, 0.25) is 0 Å². The number of halogens is 2. The lowest BCUT2D eigenvalue weighted by molar-refractivity contribution is 0.0742. The molecule has 1 amide bonds. The minimum atomic E-state index is -0.488. The lowest BCUT2D eigenvalue weighted by atomic mass is 10.1. The number of carbonyl (C=O) groups is 1. The first-order valence-corrected chi connectivity index (χ1v) is 9.69. The Balaban J connectivity index is 1.51. The minimum Gasteiger partial charge on any atom is -0.494 e. The first kappa shape index (κ1) is 18.0. The van der Waals surface area contributed by atoms with E-state index in [2.05, 4.69) is 9.88 Å². The Morgan fingerprint density at radius 1 is 1.19 bits per heavy atom. The summed E-state index contributed by atoms with van der Waals surface area (Å²) in [4.78, 5) is 21.0. The maximum absolute atomic E-state index is 13.9. The van der Waals surface area contributed by atoms with E-state index in [0.717, 1.165) is 15.3 Å². The molecule has 2 aromatic carbocycles. The molecule has 140 valence electrons. The van der Waals surface area contributed by atoms with Crippen LogP contribution in [0.25, 0.3) is 10.2 Å². The highest BCUT2D eigenvalue weighted by Crippen LogP contribution is 2.38. The van der Waals surface area contributed by atoms with Crippen molar-refractivity contribution in [1.82, 2.24) is 9.88 Å². The van der Waals surface area contributed by atoms with E-state index in [1.807, 2.05) is 0 Å². The molecule has 8 heteroatoms. The van der Waals surface area contributed by atoms with Crippen molar-refractivity contribution in [3.8, 4) is 5.75 Å². The number of ether oxygens (including phenoxy) is 1. The van der Waals surface area contributed by atoms with Gasteiger partial charge in [0, 0.05) is 26.2 Å². The fourth-order valence-electron chi connectivity index (χ4n) is 3.15. The second kappa shape index (κ2) is 7.32. The number of benzene rings is 2. The first-order valence-electron chi connectivity index (χ1n) is 8.50. The van der Waals surface area contributed by atoms with Gasteiger partial charge < -0.3 is 14.5 Å². The number of aromatic nitrogens is 1. The van der Waals surface area contributed by atoms with E-state index in [0.29, 0.717) is 37.0 Å². The van der Waals surface area contributed by atoms with E-state index >= 15 is 0 Å². The van der Waals surface area contributed by atoms with Crippen LogP contribution in [0.3, 0.4) is 0 Å². The van der Waals surface area contributed by atoms with Crippen LogP contribution >= 0.6 is 22.9 Å². The fraction of sp³-hybridized carbons (Fsp3) is 0.263. The van der Waals surface area contributed by atoms with E-state index in [1.165, 1.54) is 23.5 Å². The van der Waals surface area contributed by atoms with Crippen LogP contribution in [0, 0.1) is 5.82 Å². The highest BCUT2D eigenvalue weighted by molar-refractivity contribution is 7.22. The fourth-order valence-corrected chi connectivity index (χ4v) is 4.45. The zero-order valence-electron chi connectivity index (χ0n) is 14.6. The van der Waals surface area contributed by atoms with Crippen molar-refractivity contribution in [2.24, 2.45) is 0 Å². The van der Waals surface area contributed by atoms with Gasteiger partial charge in [-0.2, -0.15) is 0 Å². The SMILES string of the molecule is COc1ccc(Cl)c2sc(N3CCN(C(=O)c4ccccc4F)CC3)nc12. The van der Waals surface area contributed by atoms with Gasteiger partial charge in [0.25, 0.3) is 5.91 Å². The molecule has 5 nitrogen and oxygen atoms in total. The zero-order chi connectivity index (χ0) is 19.0. The normalized spacial score (nSPS) is 14.6. The molecule has 0 radical (unpaired) electrons. The number of thiazole rings is 1. The summed E-state index contributed by atoms with van der Waals surface area (Å²) in [5.41, 5.74) is 0.859. The Morgan fingerprint density at radius 3 is 2.63 bits per heavy atom. The van der Waals surface area contributed by atoms with Crippen molar-refractivity contribution < 1.29 is 13.9 Å². The lowest BCUT2D eigenvalue weighted by Crippen LogP contribution is -2.49. The second-order valence-corrected chi connectivity index (χ2v) is 7.57. The summed E-state index contributed by atoms with van der Waals surface area (Å²) < 4.78 is 20.1. The van der Waals surface area contributed by atoms with Crippen LogP contribution in [0.5, 0.6) is 5.75 Å². The number of methoxy groups -OCH3 is 1. The van der Waals surface area contributed by atoms with Gasteiger partial charge in [-0.1, -0.05) is 35.1 Å². The predicted octanol–water partition coefficient (Wildman–Crippen LogP) is 4.06. The van der Waals surface area contributed by atoms with E-state index in [1.54, 1.807) is 36.3 Å². The van der Waals surface area contributed by atoms with Crippen LogP contribution in [-0.4, -0.2) is 49.1 Å². The third-order valence-corrected chi connectivity index (χ3v) is 6.19. The van der Waals surface area contributed by atoms with Gasteiger partial charge in [-0.3, -0.25) is 4.79 Å². The average molecular weight is 406 g/mol. The lowest BCUT2D eigenvalue weighted by Gasteiger charge is -2.34. The van der Waals surface area contributed by atoms with E-state index in [9.17, 15) is 9.18 Å². The molecule has 1 aliphatic heterocycles. The van der Waals surface area contributed by atoms with Gasteiger partial charge in [-0.15, -0.1) is 0 Å². The summed E-state index contributed by atoms with van der Waals surface area (Å²) in [6, 6.07) is 9.68. The van der Waals surface area contributed by atoms with Gasteiger partial charge in [0.15, 0.2) is 5.13 Å². The van der Waals surface area contributed by atoms with Crippen LogP contribution in [0.4, 0.5) is 9.52 Å². The molecule has 0 atom stereocenters. The Hall–Kier alpha value is -2.38. The summed E-state index contributed by atoms with van der Waals surface area (Å²) in [5, 5.41) is 1.48. The number of anilines is 1. The number of piperazine rings is 1. The molecule has 1 saturated heterocycles. The summed E-state index contributed by atoms with van der Waals surface area (Å²) in [6.45, 7) is 2.27. The van der Waals surface area contributed by atoms with Crippen molar-refractivity contribution in [2.45, 2.75) is 0 Å². The van der Waals surface area contributed by atoms with Crippen molar-refractivity contribution in [1.29, 1.82) is 0 Å². The third-order valence-electron chi connectivity index (χ3n) is 4.61. The summed E-state index contributed by atoms with van der Waals surface area (Å²) in [7, 11) is 1.61. The second-order valence-electron chi connectivity index (χ2n) is 6.18. The summed E-state index contributed by atoms with van der Waals surface area (Å²) >= 11 is 7.80. The van der Waals surface area contributed by atoms with E-state index in [4.69, 9.17) is 16.3 Å². The number of hydrogen-bond donors (Lipinski definition) is 0. The van der Waals surface area contributed by atoms with Gasteiger partial charge in [-0.05, 0) is 24.3 Å². The maximum atomic E-state index is 13.9. The molecule has 0 spiro atoms. The van der Waals surface area contributed by atoms with Crippen LogP contribution < -0.4 is 9.64 Å². The molecule has 2 heterocycles. The van der Waals surface area contributed by atoms with Gasteiger partial charge >= 0.3 is 0 Å². The molecule has 0 saturated carbocycles. The molecule has 0 N–H and O–H groups in total. The van der Waals surface area contributed by atoms with Crippen molar-refractivity contribution >= 4 is 44.2 Å². The number of amides is 1. The van der Waals surface area contributed by atoms with Gasteiger partial charge in [0.1, 0.15) is 17.1 Å². The van der Waals surface area contributed by atoms with Crippen molar-refractivity contribution in [3.05, 3.63) is 52.8 Å². The van der Waals surface area contributed by atoms with Gasteiger partial charge in [-0.25, -0.2) is 9.37 Å². The largest absolute Gasteiger partial charge is 0.494 e. The molecule has 1 fully saturated rings. The zero-order valence-corrected chi connectivity index (χ0v) is 16.2. The third kappa shape index (κ3) is 3.33. The van der Waals surface area contributed by atoms with Gasteiger partial charge in [0.05, 0.1) is 22.4 Å². The molecule has 0 aliphatic carbocycles. The number of carbonyl (C=O) groups excluding carboxylic acids is 1. The standard InChI is InChI=1S/C19H17ClFN3O2S/c1-26-15-7-6-13(20)17-16(15)22-19(27-17)24-10-8-23(9-11-24)18(25)12-4-2-3-5-14(12)21/h2-7H,8-11H2,1H3. The highest BCUT2D eigenvalue weighted by Gasteiger charge is 2.26. The van der Waals surface area contributed by atoms with Crippen molar-refractivity contribution in [2.75, 3.05) is 38.2 Å². The number of fused-ring (bicyclic) bond motifs is 1. The van der Waals surface area contributed by atoms with Crippen LogP contribution in [0.15, 0.2) is 36.4 Å². The minimum absolute atomic E-state index is 0.113. The number of hydrogen-bond acceptors (Lipinski definition) is 5. The number of rotatable bonds is 3. The monoisotopic (exact) mass is 405 g/mol. The molecule has 1 aromatic heterocycles. The van der Waals surface area contributed by atoms with Crippen LogP contribution in [0.1, 0.15) is 10.4 Å². The van der Waals surface area contributed by atoms with Crippen LogP contribution in [-0.2, 0) is 0 Å². The molecular formula is C19H17ClFN3O2S. The molecular weight excluding hydrogens is 389 g/mol. The molecule has 3 aromatic rings.